The van der Waals surface area contributed by atoms with Crippen molar-refractivity contribution in [2.45, 2.75) is 6.54 Å². The van der Waals surface area contributed by atoms with Gasteiger partial charge in [-0.2, -0.15) is 15.2 Å². The van der Waals surface area contributed by atoms with Crippen molar-refractivity contribution in [3.63, 3.8) is 0 Å². The molecular weight excluding hydrogens is 522 g/mol. The van der Waals surface area contributed by atoms with Crippen molar-refractivity contribution < 1.29 is 19.3 Å². The van der Waals surface area contributed by atoms with E-state index >= 15 is 0 Å². The van der Waals surface area contributed by atoms with Gasteiger partial charge in [0, 0.05) is 30.4 Å². The zero-order chi connectivity index (χ0) is 28.6. The molecule has 5 N–H and O–H groups in total. The van der Waals surface area contributed by atoms with Gasteiger partial charge in [-0.05, 0) is 23.8 Å². The topological polar surface area (TPSA) is 228 Å². The smallest absolute Gasteiger partial charge is 0.373 e. The van der Waals surface area contributed by atoms with Gasteiger partial charge >= 0.3 is 23.3 Å². The Balaban J connectivity index is 1.80. The molecule has 4 rings (SSSR count). The number of anilines is 2. The summed E-state index contributed by atoms with van der Waals surface area (Å²) >= 11 is 0. The summed E-state index contributed by atoms with van der Waals surface area (Å²) in [6.45, 7) is 0.125. The van der Waals surface area contributed by atoms with Gasteiger partial charge in [-0.25, -0.2) is 0 Å². The molecule has 40 heavy (non-hydrogen) atoms. The summed E-state index contributed by atoms with van der Waals surface area (Å²) in [5.41, 5.74) is 5.47. The number of rotatable bonds is 10. The zero-order valence-corrected chi connectivity index (χ0v) is 20.4. The maximum Gasteiger partial charge on any atom is 0.373 e. The summed E-state index contributed by atoms with van der Waals surface area (Å²) in [7, 11) is 0. The molecule has 0 radical (unpaired) electrons. The lowest BCUT2D eigenvalue weighted by Gasteiger charge is -2.13. The van der Waals surface area contributed by atoms with Crippen LogP contribution in [-0.2, 0) is 6.54 Å². The maximum absolute atomic E-state index is 12.1. The van der Waals surface area contributed by atoms with Crippen molar-refractivity contribution >= 4 is 28.8 Å². The van der Waals surface area contributed by atoms with E-state index in [4.69, 9.17) is 20.6 Å². The molecule has 0 saturated heterocycles. The molecular formula is C25H19N9O6. The molecule has 0 amide bonds. The fourth-order valence-corrected chi connectivity index (χ4v) is 3.42. The lowest BCUT2D eigenvalue weighted by Crippen LogP contribution is -2.20. The summed E-state index contributed by atoms with van der Waals surface area (Å²) in [6.07, 6.45) is 0. The molecule has 0 bridgehead atoms. The molecule has 0 aliphatic heterocycles. The Morgan fingerprint density at radius 3 is 2.45 bits per heavy atom. The summed E-state index contributed by atoms with van der Waals surface area (Å²) in [5.74, 6) is -1.43. The van der Waals surface area contributed by atoms with Crippen molar-refractivity contribution in [1.82, 2.24) is 9.97 Å². The van der Waals surface area contributed by atoms with Crippen molar-refractivity contribution in [3.05, 3.63) is 104 Å². The second-order valence-corrected chi connectivity index (χ2v) is 7.93. The molecule has 0 atom stereocenters. The predicted molar refractivity (Wildman–Crippen MR) is 142 cm³/mol. The normalized spacial score (nSPS) is 10.2. The van der Waals surface area contributed by atoms with E-state index in [0.29, 0.717) is 5.69 Å². The number of nitrogens with zero attached hydrogens (tertiary/aromatic N) is 5. The first-order valence-corrected chi connectivity index (χ1v) is 11.3. The average molecular weight is 541 g/mol. The van der Waals surface area contributed by atoms with Gasteiger partial charge in [0.25, 0.3) is 0 Å². The van der Waals surface area contributed by atoms with Crippen molar-refractivity contribution in [2.75, 3.05) is 10.6 Å². The average Bonchev–Trinajstić information content (AvgIpc) is 2.91. The third kappa shape index (κ3) is 6.52. The highest BCUT2D eigenvalue weighted by molar-refractivity contribution is 5.89. The number of nitrogens with one attached hydrogen (secondary N) is 3. The third-order valence-corrected chi connectivity index (χ3v) is 5.13. The van der Waals surface area contributed by atoms with Gasteiger partial charge in [-0.1, -0.05) is 36.4 Å². The van der Waals surface area contributed by atoms with E-state index in [2.05, 4.69) is 20.6 Å². The Kier molecular flexibility index (Phi) is 7.91. The van der Waals surface area contributed by atoms with E-state index in [1.54, 1.807) is 36.4 Å². The van der Waals surface area contributed by atoms with Crippen molar-refractivity contribution in [2.24, 2.45) is 5.73 Å². The highest BCUT2D eigenvalue weighted by atomic mass is 16.6. The largest absolute Gasteiger partial charge is 0.433 e. The van der Waals surface area contributed by atoms with Crippen LogP contribution in [0.1, 0.15) is 11.1 Å². The third-order valence-electron chi connectivity index (χ3n) is 5.13. The van der Waals surface area contributed by atoms with Crippen LogP contribution in [-0.4, -0.2) is 25.8 Å². The number of nitriles is 1. The Morgan fingerprint density at radius 2 is 1.77 bits per heavy atom. The monoisotopic (exact) mass is 541 g/mol. The van der Waals surface area contributed by atoms with Crippen LogP contribution < -0.4 is 25.8 Å². The van der Waals surface area contributed by atoms with Crippen molar-refractivity contribution in [1.29, 1.82) is 10.7 Å². The molecule has 0 saturated carbocycles. The van der Waals surface area contributed by atoms with E-state index < -0.39 is 33.1 Å². The van der Waals surface area contributed by atoms with Gasteiger partial charge < -0.3 is 25.8 Å². The van der Waals surface area contributed by atoms with Crippen LogP contribution in [0.5, 0.6) is 23.4 Å². The van der Waals surface area contributed by atoms with Crippen molar-refractivity contribution in [3.8, 4) is 29.5 Å². The first-order chi connectivity index (χ1) is 19.2. The molecule has 0 spiro atoms. The molecule has 1 heterocycles. The Bertz CT molecular complexity index is 1640. The van der Waals surface area contributed by atoms with E-state index in [0.717, 1.165) is 17.7 Å². The molecule has 4 aromatic rings. The van der Waals surface area contributed by atoms with Crippen LogP contribution in [0, 0.1) is 37.0 Å². The van der Waals surface area contributed by atoms with Gasteiger partial charge in [0.15, 0.2) is 5.96 Å². The van der Waals surface area contributed by atoms with Crippen LogP contribution in [0.15, 0.2) is 72.8 Å². The van der Waals surface area contributed by atoms with Crippen LogP contribution in [0.2, 0.25) is 0 Å². The van der Waals surface area contributed by atoms with Crippen LogP contribution in [0.3, 0.4) is 0 Å². The quantitative estimate of drug-likeness (QED) is 0.0929. The lowest BCUT2D eigenvalue weighted by atomic mass is 10.2. The Hall–Kier alpha value is -6.30. The number of aromatic nitrogens is 2. The van der Waals surface area contributed by atoms with Gasteiger partial charge in [0.1, 0.15) is 5.75 Å². The molecule has 1 aromatic heterocycles. The standard InChI is InChI=1S/C25H19N9O6/c26-13-16-9-10-19(33(35)36)20(11-16)40-25-31-22(29-14-15-5-2-1-3-6-15)21(34(37)38)23(32-25)39-18-8-4-7-17(12-18)30-24(27)28/h1-12H,14H2,(H4,27,28,30)(H,29,31,32). The zero-order valence-electron chi connectivity index (χ0n) is 20.4. The fraction of sp³-hybridized carbons (Fsp3) is 0.0400. The first kappa shape index (κ1) is 26.8. The van der Waals surface area contributed by atoms with Gasteiger partial charge in [-0.3, -0.25) is 25.6 Å². The van der Waals surface area contributed by atoms with E-state index in [-0.39, 0.29) is 35.4 Å². The maximum atomic E-state index is 12.1. The molecule has 200 valence electrons. The van der Waals surface area contributed by atoms with Gasteiger partial charge in [-0.15, -0.1) is 0 Å². The SMILES string of the molecule is N#Cc1ccc([N+](=O)[O-])c(Oc2nc(NCc3ccccc3)c([N+](=O)[O-])c(Oc3cccc(NC(=N)N)c3)n2)c1. The number of benzene rings is 3. The number of nitro benzene ring substituents is 1. The second kappa shape index (κ2) is 11.8. The summed E-state index contributed by atoms with van der Waals surface area (Å²) in [6, 6.07) is 19.8. The van der Waals surface area contributed by atoms with Gasteiger partial charge in [0.05, 0.1) is 21.5 Å². The van der Waals surface area contributed by atoms with Gasteiger partial charge in [0.2, 0.25) is 11.6 Å². The molecule has 0 fully saturated rings. The Morgan fingerprint density at radius 1 is 1.00 bits per heavy atom. The summed E-state index contributed by atoms with van der Waals surface area (Å²) < 4.78 is 11.3. The molecule has 15 heteroatoms. The number of nitro groups is 2. The minimum absolute atomic E-state index is 0.0659. The molecule has 15 nitrogen and oxygen atoms in total. The van der Waals surface area contributed by atoms with Crippen LogP contribution in [0.4, 0.5) is 22.9 Å². The molecule has 0 unspecified atom stereocenters. The molecule has 0 aliphatic rings. The molecule has 3 aromatic carbocycles. The lowest BCUT2D eigenvalue weighted by molar-refractivity contribution is -0.385. The number of hydrogen-bond acceptors (Lipinski definition) is 11. The minimum Gasteiger partial charge on any atom is -0.433 e. The van der Waals surface area contributed by atoms with E-state index in [1.165, 1.54) is 18.2 Å². The Labute approximate surface area is 225 Å². The summed E-state index contributed by atoms with van der Waals surface area (Å²) in [4.78, 5) is 30.3. The second-order valence-electron chi connectivity index (χ2n) is 7.93. The number of nitrogens with two attached hydrogens (primary N) is 1. The predicted octanol–water partition coefficient (Wildman–Crippen LogP) is 4.67. The number of hydrogen-bond donors (Lipinski definition) is 4. The van der Waals surface area contributed by atoms with E-state index in [1.807, 2.05) is 12.1 Å². The first-order valence-electron chi connectivity index (χ1n) is 11.3. The van der Waals surface area contributed by atoms with Crippen LogP contribution >= 0.6 is 0 Å². The highest BCUT2D eigenvalue weighted by Gasteiger charge is 2.29. The number of ether oxygens (including phenoxy) is 2. The number of guanidine groups is 1. The minimum atomic E-state index is -0.747. The summed E-state index contributed by atoms with van der Waals surface area (Å²) in [5, 5.41) is 45.7. The highest BCUT2D eigenvalue weighted by Crippen LogP contribution is 2.39. The van der Waals surface area contributed by atoms with E-state index in [9.17, 15) is 25.5 Å². The molecule has 0 aliphatic carbocycles. The van der Waals surface area contributed by atoms with Crippen LogP contribution in [0.25, 0.3) is 0 Å². The fourth-order valence-electron chi connectivity index (χ4n) is 3.42.